The lowest BCUT2D eigenvalue weighted by atomic mass is 10.00. The molecule has 1 atom stereocenters. The quantitative estimate of drug-likeness (QED) is 0.938. The van der Waals surface area contributed by atoms with E-state index in [-0.39, 0.29) is 6.42 Å². The molecular formula is C14H14F3NO2. The van der Waals surface area contributed by atoms with E-state index in [2.05, 4.69) is 0 Å². The molecule has 0 aliphatic rings. The van der Waals surface area contributed by atoms with Crippen LogP contribution in [-0.2, 0) is 24.4 Å². The van der Waals surface area contributed by atoms with Crippen molar-refractivity contribution in [1.29, 1.82) is 0 Å². The molecule has 1 N–H and O–H groups in total. The molecular weight excluding hydrogens is 271 g/mol. The zero-order valence-corrected chi connectivity index (χ0v) is 11.0. The topological polar surface area (TPSA) is 42.2 Å². The normalized spacial score (nSPS) is 13.7. The summed E-state index contributed by atoms with van der Waals surface area (Å²) in [4.78, 5) is 10.9. The lowest BCUT2D eigenvalue weighted by Crippen LogP contribution is -2.12. The van der Waals surface area contributed by atoms with E-state index in [4.69, 9.17) is 5.11 Å². The Labute approximate surface area is 113 Å². The Morgan fingerprint density at radius 2 is 2.05 bits per heavy atom. The number of rotatable bonds is 3. The smallest absolute Gasteiger partial charge is 0.416 e. The van der Waals surface area contributed by atoms with Gasteiger partial charge in [-0.1, -0.05) is 6.92 Å². The number of hydrogen-bond acceptors (Lipinski definition) is 1. The molecule has 0 amide bonds. The van der Waals surface area contributed by atoms with Crippen LogP contribution >= 0.6 is 0 Å². The van der Waals surface area contributed by atoms with Gasteiger partial charge in [-0.25, -0.2) is 0 Å². The van der Waals surface area contributed by atoms with E-state index in [0.717, 1.165) is 12.1 Å². The minimum Gasteiger partial charge on any atom is -0.481 e. The van der Waals surface area contributed by atoms with Gasteiger partial charge in [0.15, 0.2) is 0 Å². The number of aryl methyl sites for hydroxylation is 1. The molecule has 6 heteroatoms. The molecule has 1 aromatic heterocycles. The molecule has 0 radical (unpaired) electrons. The molecule has 2 rings (SSSR count). The van der Waals surface area contributed by atoms with E-state index in [0.29, 0.717) is 16.5 Å². The monoisotopic (exact) mass is 285 g/mol. The van der Waals surface area contributed by atoms with Crippen molar-refractivity contribution in [3.8, 4) is 0 Å². The van der Waals surface area contributed by atoms with Crippen molar-refractivity contribution in [2.45, 2.75) is 19.5 Å². The molecule has 0 aliphatic carbocycles. The largest absolute Gasteiger partial charge is 0.481 e. The summed E-state index contributed by atoms with van der Waals surface area (Å²) < 4.78 is 39.9. The third-order valence-electron chi connectivity index (χ3n) is 3.35. The summed E-state index contributed by atoms with van der Waals surface area (Å²) >= 11 is 0. The number of alkyl halides is 3. The van der Waals surface area contributed by atoms with E-state index in [1.54, 1.807) is 17.8 Å². The number of hydrogen-bond donors (Lipinski definition) is 1. The fourth-order valence-electron chi connectivity index (χ4n) is 2.23. The number of aliphatic carboxylic acids is 1. The lowest BCUT2D eigenvalue weighted by molar-refractivity contribution is -0.141. The standard InChI is InChI=1S/C14H14F3NO2/c1-8(13(19)20)5-9-7-18(2)12-4-3-10(6-11(9)12)14(15,16)17/h3-4,6-8H,5H2,1-2H3,(H,19,20). The van der Waals surface area contributed by atoms with Crippen molar-refractivity contribution in [2.75, 3.05) is 0 Å². The number of benzene rings is 1. The van der Waals surface area contributed by atoms with Crippen LogP contribution in [0.5, 0.6) is 0 Å². The fraction of sp³-hybridized carbons (Fsp3) is 0.357. The van der Waals surface area contributed by atoms with Crippen LogP contribution in [0.1, 0.15) is 18.1 Å². The predicted molar refractivity (Wildman–Crippen MR) is 68.4 cm³/mol. The summed E-state index contributed by atoms with van der Waals surface area (Å²) in [5, 5.41) is 9.37. The van der Waals surface area contributed by atoms with E-state index >= 15 is 0 Å². The molecule has 1 aromatic carbocycles. The highest BCUT2D eigenvalue weighted by Crippen LogP contribution is 2.33. The zero-order valence-electron chi connectivity index (χ0n) is 11.0. The molecule has 108 valence electrons. The average Bonchev–Trinajstić information content (AvgIpc) is 2.65. The number of fused-ring (bicyclic) bond motifs is 1. The van der Waals surface area contributed by atoms with Gasteiger partial charge in [0.2, 0.25) is 0 Å². The van der Waals surface area contributed by atoms with Crippen molar-refractivity contribution in [3.63, 3.8) is 0 Å². The molecule has 0 bridgehead atoms. The van der Waals surface area contributed by atoms with Gasteiger partial charge in [0.1, 0.15) is 0 Å². The first kappa shape index (κ1) is 14.4. The number of carboxylic acid groups (broad SMARTS) is 1. The first-order valence-electron chi connectivity index (χ1n) is 6.08. The number of nitrogens with zero attached hydrogens (tertiary/aromatic N) is 1. The highest BCUT2D eigenvalue weighted by Gasteiger charge is 2.31. The summed E-state index contributed by atoms with van der Waals surface area (Å²) in [6.45, 7) is 1.54. The molecule has 0 spiro atoms. The van der Waals surface area contributed by atoms with Gasteiger partial charge in [-0.3, -0.25) is 4.79 Å². The second-order valence-electron chi connectivity index (χ2n) is 4.94. The Morgan fingerprint density at radius 3 is 2.60 bits per heavy atom. The second-order valence-corrected chi connectivity index (χ2v) is 4.94. The van der Waals surface area contributed by atoms with Crippen LogP contribution in [0.3, 0.4) is 0 Å². The predicted octanol–water partition coefficient (Wildman–Crippen LogP) is 3.46. The average molecular weight is 285 g/mol. The van der Waals surface area contributed by atoms with Crippen molar-refractivity contribution >= 4 is 16.9 Å². The highest BCUT2D eigenvalue weighted by molar-refractivity contribution is 5.85. The van der Waals surface area contributed by atoms with Crippen LogP contribution in [0.15, 0.2) is 24.4 Å². The maximum Gasteiger partial charge on any atom is 0.416 e. The van der Waals surface area contributed by atoms with Gasteiger partial charge in [0.25, 0.3) is 0 Å². The minimum absolute atomic E-state index is 0.202. The molecule has 2 aromatic rings. The van der Waals surface area contributed by atoms with Crippen LogP contribution in [0, 0.1) is 5.92 Å². The zero-order chi connectivity index (χ0) is 15.1. The molecule has 3 nitrogen and oxygen atoms in total. The molecule has 1 unspecified atom stereocenters. The van der Waals surface area contributed by atoms with Gasteiger partial charge in [-0.2, -0.15) is 13.2 Å². The Hall–Kier alpha value is -1.98. The van der Waals surface area contributed by atoms with Gasteiger partial charge < -0.3 is 9.67 Å². The number of carboxylic acids is 1. The second kappa shape index (κ2) is 4.85. The SMILES string of the molecule is CC(Cc1cn(C)c2ccc(C(F)(F)F)cc12)C(=O)O. The number of carbonyl (C=O) groups is 1. The molecule has 1 heterocycles. The minimum atomic E-state index is -4.40. The third-order valence-corrected chi connectivity index (χ3v) is 3.35. The van der Waals surface area contributed by atoms with Gasteiger partial charge in [0, 0.05) is 24.1 Å². The van der Waals surface area contributed by atoms with Crippen LogP contribution in [-0.4, -0.2) is 15.6 Å². The number of halogens is 3. The molecule has 0 saturated carbocycles. The highest BCUT2D eigenvalue weighted by atomic mass is 19.4. The first-order valence-corrected chi connectivity index (χ1v) is 6.08. The summed E-state index contributed by atoms with van der Waals surface area (Å²) in [6.07, 6.45) is -2.52. The first-order chi connectivity index (χ1) is 9.20. The lowest BCUT2D eigenvalue weighted by Gasteiger charge is -2.08. The van der Waals surface area contributed by atoms with Crippen LogP contribution in [0.25, 0.3) is 10.9 Å². The van der Waals surface area contributed by atoms with Crippen molar-refractivity contribution < 1.29 is 23.1 Å². The van der Waals surface area contributed by atoms with E-state index in [9.17, 15) is 18.0 Å². The summed E-state index contributed by atoms with van der Waals surface area (Å²) in [5.41, 5.74) is 0.550. The van der Waals surface area contributed by atoms with Crippen molar-refractivity contribution in [3.05, 3.63) is 35.5 Å². The number of aromatic nitrogens is 1. The Balaban J connectivity index is 2.52. The van der Waals surface area contributed by atoms with E-state index in [1.807, 2.05) is 0 Å². The molecule has 20 heavy (non-hydrogen) atoms. The van der Waals surface area contributed by atoms with Crippen LogP contribution < -0.4 is 0 Å². The molecule has 0 fully saturated rings. The van der Waals surface area contributed by atoms with E-state index in [1.165, 1.54) is 13.0 Å². The third kappa shape index (κ3) is 2.64. The molecule has 0 saturated heterocycles. The summed E-state index contributed by atoms with van der Waals surface area (Å²) in [5.74, 6) is -1.61. The van der Waals surface area contributed by atoms with Crippen molar-refractivity contribution in [2.24, 2.45) is 13.0 Å². The van der Waals surface area contributed by atoms with Crippen LogP contribution in [0.4, 0.5) is 13.2 Å². The van der Waals surface area contributed by atoms with Gasteiger partial charge in [-0.05, 0) is 30.2 Å². The van der Waals surface area contributed by atoms with Gasteiger partial charge in [-0.15, -0.1) is 0 Å². The van der Waals surface area contributed by atoms with Gasteiger partial charge >= 0.3 is 12.1 Å². The molecule has 0 aliphatic heterocycles. The van der Waals surface area contributed by atoms with Gasteiger partial charge in [0.05, 0.1) is 11.5 Å². The van der Waals surface area contributed by atoms with Crippen LogP contribution in [0.2, 0.25) is 0 Å². The fourth-order valence-corrected chi connectivity index (χ4v) is 2.23. The van der Waals surface area contributed by atoms with E-state index < -0.39 is 23.6 Å². The summed E-state index contributed by atoms with van der Waals surface area (Å²) in [6, 6.07) is 3.53. The Morgan fingerprint density at radius 1 is 1.40 bits per heavy atom. The summed E-state index contributed by atoms with van der Waals surface area (Å²) in [7, 11) is 1.73. The Kier molecular flexibility index (Phi) is 3.50. The van der Waals surface area contributed by atoms with Crippen molar-refractivity contribution in [1.82, 2.24) is 4.57 Å². The maximum absolute atomic E-state index is 12.7. The Bertz CT molecular complexity index is 658. The maximum atomic E-state index is 12.7.